The Labute approximate surface area is 182 Å². The van der Waals surface area contributed by atoms with Gasteiger partial charge >= 0.3 is 0 Å². The summed E-state index contributed by atoms with van der Waals surface area (Å²) in [7, 11) is -0.0869. The van der Waals surface area contributed by atoms with Gasteiger partial charge in [0.15, 0.2) is 9.84 Å². The van der Waals surface area contributed by atoms with Crippen molar-refractivity contribution in [3.05, 3.63) is 48.5 Å². The van der Waals surface area contributed by atoms with Gasteiger partial charge in [-0.25, -0.2) is 8.42 Å². The maximum absolute atomic E-state index is 13.1. The lowest BCUT2D eigenvalue weighted by Gasteiger charge is -2.43. The zero-order valence-corrected chi connectivity index (χ0v) is 18.4. The molecule has 0 aromatic heterocycles. The number of nitrogens with zero attached hydrogens (tertiary/aromatic N) is 2. The standard InChI is InChI=1S/C22H26N2O6S/c1-28-17-6-8-18(9-7-17)30-11-10-23-13-22(25)24(16-4-3-5-19(12-16)29-2)21-15-31(26,27)14-20(21)23/h3-9,12,20-21H,10-11,13-15H2,1-2H3. The molecule has 2 fully saturated rings. The minimum Gasteiger partial charge on any atom is -0.497 e. The van der Waals surface area contributed by atoms with Gasteiger partial charge in [-0.1, -0.05) is 6.07 Å². The molecule has 0 saturated carbocycles. The lowest BCUT2D eigenvalue weighted by molar-refractivity contribution is -0.123. The van der Waals surface area contributed by atoms with Crippen LogP contribution in [-0.2, 0) is 14.6 Å². The Morgan fingerprint density at radius 2 is 1.61 bits per heavy atom. The molecule has 2 aliphatic heterocycles. The van der Waals surface area contributed by atoms with E-state index in [0.29, 0.717) is 30.3 Å². The SMILES string of the molecule is COc1ccc(OCCN2CC(=O)N(c3cccc(OC)c3)C3CS(=O)(=O)CC32)cc1. The van der Waals surface area contributed by atoms with Gasteiger partial charge < -0.3 is 19.1 Å². The summed E-state index contributed by atoms with van der Waals surface area (Å²) in [5.41, 5.74) is 0.658. The fourth-order valence-electron chi connectivity index (χ4n) is 4.25. The molecule has 166 valence electrons. The molecule has 2 saturated heterocycles. The molecule has 8 nitrogen and oxygen atoms in total. The van der Waals surface area contributed by atoms with Crippen LogP contribution in [0.2, 0.25) is 0 Å². The predicted molar refractivity (Wildman–Crippen MR) is 117 cm³/mol. The molecular weight excluding hydrogens is 420 g/mol. The molecule has 4 rings (SSSR count). The number of methoxy groups -OCH3 is 2. The first-order chi connectivity index (χ1) is 14.9. The van der Waals surface area contributed by atoms with Crippen LogP contribution in [0.3, 0.4) is 0 Å². The fourth-order valence-corrected chi connectivity index (χ4v) is 6.23. The molecule has 0 bridgehead atoms. The lowest BCUT2D eigenvalue weighted by atomic mass is 10.0. The predicted octanol–water partition coefficient (Wildman–Crippen LogP) is 1.60. The summed E-state index contributed by atoms with van der Waals surface area (Å²) in [5.74, 6) is 1.92. The highest BCUT2D eigenvalue weighted by Gasteiger charge is 2.49. The van der Waals surface area contributed by atoms with Crippen molar-refractivity contribution in [3.8, 4) is 17.2 Å². The smallest absolute Gasteiger partial charge is 0.241 e. The van der Waals surface area contributed by atoms with Crippen molar-refractivity contribution < 1.29 is 27.4 Å². The van der Waals surface area contributed by atoms with Crippen molar-refractivity contribution >= 4 is 21.4 Å². The van der Waals surface area contributed by atoms with Crippen molar-refractivity contribution in [1.82, 2.24) is 4.90 Å². The molecule has 2 aromatic rings. The van der Waals surface area contributed by atoms with Gasteiger partial charge in [0.1, 0.15) is 23.9 Å². The van der Waals surface area contributed by atoms with Crippen LogP contribution in [0.25, 0.3) is 0 Å². The Hall–Kier alpha value is -2.78. The van der Waals surface area contributed by atoms with Gasteiger partial charge in [-0.15, -0.1) is 0 Å². The largest absolute Gasteiger partial charge is 0.497 e. The van der Waals surface area contributed by atoms with Gasteiger partial charge in [0.25, 0.3) is 0 Å². The summed E-state index contributed by atoms with van der Waals surface area (Å²) in [6.45, 7) is 0.947. The number of sulfone groups is 1. The number of ether oxygens (including phenoxy) is 3. The maximum Gasteiger partial charge on any atom is 0.241 e. The molecule has 2 aromatic carbocycles. The van der Waals surface area contributed by atoms with Gasteiger partial charge in [0.2, 0.25) is 5.91 Å². The van der Waals surface area contributed by atoms with Crippen LogP contribution in [0.1, 0.15) is 0 Å². The van der Waals surface area contributed by atoms with Crippen molar-refractivity contribution in [2.24, 2.45) is 0 Å². The Kier molecular flexibility index (Phi) is 6.06. The summed E-state index contributed by atoms with van der Waals surface area (Å²) >= 11 is 0. The van der Waals surface area contributed by atoms with E-state index in [1.807, 2.05) is 35.2 Å². The van der Waals surface area contributed by atoms with Crippen LogP contribution in [0.4, 0.5) is 5.69 Å². The Morgan fingerprint density at radius 3 is 2.32 bits per heavy atom. The van der Waals surface area contributed by atoms with Crippen LogP contribution in [-0.4, -0.2) is 76.7 Å². The van der Waals surface area contributed by atoms with Crippen LogP contribution in [0.5, 0.6) is 17.2 Å². The molecule has 0 N–H and O–H groups in total. The molecule has 9 heteroatoms. The van der Waals surface area contributed by atoms with Crippen molar-refractivity contribution in [2.75, 3.05) is 50.3 Å². The monoisotopic (exact) mass is 446 g/mol. The highest BCUT2D eigenvalue weighted by atomic mass is 32.2. The average molecular weight is 447 g/mol. The minimum absolute atomic E-state index is 0.0357. The number of benzene rings is 2. The molecule has 31 heavy (non-hydrogen) atoms. The molecule has 2 unspecified atom stereocenters. The summed E-state index contributed by atoms with van der Waals surface area (Å²) < 4.78 is 41.2. The Bertz CT molecular complexity index is 1040. The molecule has 2 heterocycles. The van der Waals surface area contributed by atoms with E-state index in [1.165, 1.54) is 0 Å². The van der Waals surface area contributed by atoms with Crippen LogP contribution in [0.15, 0.2) is 48.5 Å². The van der Waals surface area contributed by atoms with E-state index in [9.17, 15) is 13.2 Å². The first-order valence-corrected chi connectivity index (χ1v) is 11.9. The quantitative estimate of drug-likeness (QED) is 0.639. The summed E-state index contributed by atoms with van der Waals surface area (Å²) in [5, 5.41) is 0. The van der Waals surface area contributed by atoms with Gasteiger partial charge in [-0.2, -0.15) is 0 Å². The first kappa shape index (κ1) is 21.5. The second-order valence-electron chi connectivity index (χ2n) is 7.67. The fraction of sp³-hybridized carbons (Fsp3) is 0.409. The van der Waals surface area contributed by atoms with Gasteiger partial charge in [-0.05, 0) is 36.4 Å². The number of piperazine rings is 1. The first-order valence-electron chi connectivity index (χ1n) is 10.1. The van der Waals surface area contributed by atoms with E-state index in [4.69, 9.17) is 14.2 Å². The second kappa shape index (κ2) is 8.76. The number of fused-ring (bicyclic) bond motifs is 1. The molecule has 0 spiro atoms. The topological polar surface area (TPSA) is 85.4 Å². The molecule has 2 aliphatic rings. The highest BCUT2D eigenvalue weighted by molar-refractivity contribution is 7.91. The zero-order valence-electron chi connectivity index (χ0n) is 17.6. The molecule has 0 radical (unpaired) electrons. The van der Waals surface area contributed by atoms with E-state index < -0.39 is 15.9 Å². The molecule has 2 atom stereocenters. The molecule has 0 aliphatic carbocycles. The summed E-state index contributed by atoms with van der Waals surface area (Å²) in [6, 6.07) is 13.7. The normalized spacial score (nSPS) is 22.8. The third-order valence-electron chi connectivity index (χ3n) is 5.74. The van der Waals surface area contributed by atoms with Crippen LogP contribution >= 0.6 is 0 Å². The Balaban J connectivity index is 1.49. The second-order valence-corrected chi connectivity index (χ2v) is 9.83. The number of rotatable bonds is 7. The van der Waals surface area contributed by atoms with Gasteiger partial charge in [-0.3, -0.25) is 9.69 Å². The summed E-state index contributed by atoms with van der Waals surface area (Å²) in [6.07, 6.45) is 0. The van der Waals surface area contributed by atoms with Crippen LogP contribution < -0.4 is 19.1 Å². The molecule has 1 amide bonds. The van der Waals surface area contributed by atoms with Crippen molar-refractivity contribution in [2.45, 2.75) is 12.1 Å². The van der Waals surface area contributed by atoms with Gasteiger partial charge in [0, 0.05) is 24.3 Å². The van der Waals surface area contributed by atoms with E-state index in [2.05, 4.69) is 0 Å². The average Bonchev–Trinajstić information content (AvgIpc) is 3.09. The number of hydrogen-bond donors (Lipinski definition) is 0. The third kappa shape index (κ3) is 4.62. The van der Waals surface area contributed by atoms with Crippen molar-refractivity contribution in [1.29, 1.82) is 0 Å². The number of anilines is 1. The Morgan fingerprint density at radius 1 is 0.935 bits per heavy atom. The number of amides is 1. The van der Waals surface area contributed by atoms with E-state index in [-0.39, 0.29) is 30.0 Å². The van der Waals surface area contributed by atoms with Gasteiger partial charge in [0.05, 0.1) is 38.3 Å². The van der Waals surface area contributed by atoms with Crippen molar-refractivity contribution in [3.63, 3.8) is 0 Å². The number of carbonyl (C=O) groups is 1. The van der Waals surface area contributed by atoms with Crippen LogP contribution in [0, 0.1) is 0 Å². The minimum atomic E-state index is -3.25. The van der Waals surface area contributed by atoms with E-state index in [1.54, 1.807) is 37.3 Å². The zero-order chi connectivity index (χ0) is 22.0. The van der Waals surface area contributed by atoms with E-state index in [0.717, 1.165) is 5.75 Å². The summed E-state index contributed by atoms with van der Waals surface area (Å²) in [4.78, 5) is 16.6. The molecular formula is C22H26N2O6S. The highest BCUT2D eigenvalue weighted by Crippen LogP contribution is 2.33. The number of carbonyl (C=O) groups excluding carboxylic acids is 1. The maximum atomic E-state index is 13.1. The van der Waals surface area contributed by atoms with E-state index >= 15 is 0 Å². The third-order valence-corrected chi connectivity index (χ3v) is 7.44. The lowest BCUT2D eigenvalue weighted by Crippen LogP contribution is -2.62. The number of hydrogen-bond acceptors (Lipinski definition) is 7.